The van der Waals surface area contributed by atoms with E-state index in [4.69, 9.17) is 20.8 Å². The molecular weight excluding hydrogens is 285 g/mol. The molecule has 0 fully saturated rings. The van der Waals surface area contributed by atoms with E-state index >= 15 is 0 Å². The number of amides is 1. The second-order valence-electron chi connectivity index (χ2n) is 4.17. The maximum absolute atomic E-state index is 12.8. The fraction of sp³-hybridized carbons (Fsp3) is 0.214. The normalized spacial score (nSPS) is 11.9. The Balaban J connectivity index is 1.86. The van der Waals surface area contributed by atoms with Crippen molar-refractivity contribution in [3.8, 4) is 5.75 Å². The number of halogens is 2. The van der Waals surface area contributed by atoms with Crippen LogP contribution in [0.1, 0.15) is 18.7 Å². The van der Waals surface area contributed by atoms with Crippen LogP contribution in [-0.4, -0.2) is 12.5 Å². The highest BCUT2D eigenvalue weighted by Crippen LogP contribution is 2.24. The first kappa shape index (κ1) is 14.4. The Bertz CT molecular complexity index is 586. The van der Waals surface area contributed by atoms with Gasteiger partial charge in [0.2, 0.25) is 0 Å². The summed E-state index contributed by atoms with van der Waals surface area (Å²) in [7, 11) is 0. The Morgan fingerprint density at radius 1 is 1.50 bits per heavy atom. The van der Waals surface area contributed by atoms with Crippen molar-refractivity contribution in [3.05, 3.63) is 53.2 Å². The van der Waals surface area contributed by atoms with Crippen LogP contribution < -0.4 is 10.1 Å². The molecule has 4 nitrogen and oxygen atoms in total. The number of benzene rings is 1. The van der Waals surface area contributed by atoms with Crippen molar-refractivity contribution in [1.29, 1.82) is 0 Å². The van der Waals surface area contributed by atoms with Crippen LogP contribution in [0.5, 0.6) is 5.75 Å². The third-order valence-corrected chi connectivity index (χ3v) is 2.90. The Hall–Kier alpha value is -2.01. The Labute approximate surface area is 120 Å². The van der Waals surface area contributed by atoms with Gasteiger partial charge in [0.05, 0.1) is 17.3 Å². The van der Waals surface area contributed by atoms with Gasteiger partial charge in [-0.2, -0.15) is 0 Å². The van der Waals surface area contributed by atoms with Gasteiger partial charge in [0.1, 0.15) is 17.3 Å². The quantitative estimate of drug-likeness (QED) is 0.921. The van der Waals surface area contributed by atoms with Gasteiger partial charge in [0.15, 0.2) is 6.61 Å². The fourth-order valence-electron chi connectivity index (χ4n) is 1.63. The number of nitrogens with one attached hydrogen (secondary N) is 1. The van der Waals surface area contributed by atoms with Crippen LogP contribution in [0.2, 0.25) is 5.02 Å². The zero-order valence-corrected chi connectivity index (χ0v) is 11.5. The molecule has 0 aliphatic carbocycles. The van der Waals surface area contributed by atoms with Crippen molar-refractivity contribution in [1.82, 2.24) is 5.32 Å². The molecule has 1 atom stereocenters. The van der Waals surface area contributed by atoms with E-state index in [-0.39, 0.29) is 29.3 Å². The van der Waals surface area contributed by atoms with E-state index in [1.54, 1.807) is 19.1 Å². The summed E-state index contributed by atoms with van der Waals surface area (Å²) in [6.45, 7) is 1.58. The molecule has 1 heterocycles. The zero-order valence-electron chi connectivity index (χ0n) is 10.7. The summed E-state index contributed by atoms with van der Waals surface area (Å²) < 4.78 is 23.2. The standard InChI is InChI=1S/C14H13ClFNO3/c1-9(12-3-2-6-19-12)17-14(18)8-20-13-5-4-10(16)7-11(13)15/h2-7,9H,8H2,1H3,(H,17,18)/t9-/m1/s1. The Morgan fingerprint density at radius 2 is 2.30 bits per heavy atom. The molecule has 1 aromatic carbocycles. The topological polar surface area (TPSA) is 51.5 Å². The van der Waals surface area contributed by atoms with E-state index in [2.05, 4.69) is 5.32 Å². The molecule has 6 heteroatoms. The van der Waals surface area contributed by atoms with Gasteiger partial charge in [-0.3, -0.25) is 4.79 Å². The van der Waals surface area contributed by atoms with E-state index in [1.165, 1.54) is 18.4 Å². The minimum Gasteiger partial charge on any atom is -0.482 e. The van der Waals surface area contributed by atoms with Crippen molar-refractivity contribution >= 4 is 17.5 Å². The number of carbonyl (C=O) groups excluding carboxylic acids is 1. The van der Waals surface area contributed by atoms with Crippen LogP contribution in [0.25, 0.3) is 0 Å². The number of rotatable bonds is 5. The fourth-order valence-corrected chi connectivity index (χ4v) is 1.85. The van der Waals surface area contributed by atoms with Crippen LogP contribution in [-0.2, 0) is 4.79 Å². The lowest BCUT2D eigenvalue weighted by Crippen LogP contribution is -2.31. The highest BCUT2D eigenvalue weighted by Gasteiger charge is 2.13. The van der Waals surface area contributed by atoms with Crippen molar-refractivity contribution in [2.75, 3.05) is 6.61 Å². The molecule has 2 aromatic rings. The first-order chi connectivity index (χ1) is 9.56. The predicted octanol–water partition coefficient (Wildman–Crippen LogP) is 3.33. The number of furan rings is 1. The van der Waals surface area contributed by atoms with Crippen LogP contribution in [0, 0.1) is 5.82 Å². The molecule has 1 aromatic heterocycles. The average molecular weight is 298 g/mol. The summed E-state index contributed by atoms with van der Waals surface area (Å²) in [5.41, 5.74) is 0. The highest BCUT2D eigenvalue weighted by molar-refractivity contribution is 6.32. The SMILES string of the molecule is C[C@@H](NC(=O)COc1ccc(F)cc1Cl)c1ccco1. The van der Waals surface area contributed by atoms with Gasteiger partial charge < -0.3 is 14.5 Å². The summed E-state index contributed by atoms with van der Waals surface area (Å²) in [6.07, 6.45) is 1.53. The molecule has 0 unspecified atom stereocenters. The van der Waals surface area contributed by atoms with Crippen molar-refractivity contribution in [3.63, 3.8) is 0 Å². The van der Waals surface area contributed by atoms with Gasteiger partial charge >= 0.3 is 0 Å². The smallest absolute Gasteiger partial charge is 0.258 e. The number of ether oxygens (including phenoxy) is 1. The summed E-state index contributed by atoms with van der Waals surface area (Å²) in [5.74, 6) is 0.125. The van der Waals surface area contributed by atoms with Crippen LogP contribution >= 0.6 is 11.6 Å². The van der Waals surface area contributed by atoms with Crippen LogP contribution in [0.4, 0.5) is 4.39 Å². The van der Waals surface area contributed by atoms with E-state index in [1.807, 2.05) is 0 Å². The van der Waals surface area contributed by atoms with Crippen molar-refractivity contribution in [2.45, 2.75) is 13.0 Å². The Kier molecular flexibility index (Phi) is 4.63. The molecule has 1 N–H and O–H groups in total. The maximum atomic E-state index is 12.8. The third-order valence-electron chi connectivity index (χ3n) is 2.60. The molecule has 106 valence electrons. The number of hydrogen-bond acceptors (Lipinski definition) is 3. The van der Waals surface area contributed by atoms with E-state index in [9.17, 15) is 9.18 Å². The second kappa shape index (κ2) is 6.43. The molecule has 2 rings (SSSR count). The number of carbonyl (C=O) groups is 1. The lowest BCUT2D eigenvalue weighted by Gasteiger charge is -2.12. The first-order valence-corrected chi connectivity index (χ1v) is 6.34. The summed E-state index contributed by atoms with van der Waals surface area (Å²) in [5, 5.41) is 2.83. The lowest BCUT2D eigenvalue weighted by molar-refractivity contribution is -0.123. The molecule has 0 bridgehead atoms. The Morgan fingerprint density at radius 3 is 2.95 bits per heavy atom. The predicted molar refractivity (Wildman–Crippen MR) is 72.2 cm³/mol. The first-order valence-electron chi connectivity index (χ1n) is 5.97. The molecule has 0 aliphatic heterocycles. The molecule has 1 amide bonds. The van der Waals surface area contributed by atoms with Crippen molar-refractivity contribution in [2.24, 2.45) is 0 Å². The van der Waals surface area contributed by atoms with Gasteiger partial charge in [-0.1, -0.05) is 11.6 Å². The monoisotopic (exact) mass is 297 g/mol. The molecule has 0 radical (unpaired) electrons. The van der Waals surface area contributed by atoms with Crippen molar-refractivity contribution < 1.29 is 18.3 Å². The minimum absolute atomic E-state index is 0.122. The van der Waals surface area contributed by atoms with Gasteiger partial charge in [-0.05, 0) is 37.3 Å². The largest absolute Gasteiger partial charge is 0.482 e. The van der Waals surface area contributed by atoms with Gasteiger partial charge in [-0.25, -0.2) is 4.39 Å². The molecule has 0 saturated heterocycles. The minimum atomic E-state index is -0.460. The third kappa shape index (κ3) is 3.74. The van der Waals surface area contributed by atoms with Crippen LogP contribution in [0.15, 0.2) is 41.0 Å². The van der Waals surface area contributed by atoms with E-state index in [0.717, 1.165) is 6.07 Å². The summed E-state index contributed by atoms with van der Waals surface area (Å²) in [4.78, 5) is 11.7. The maximum Gasteiger partial charge on any atom is 0.258 e. The zero-order chi connectivity index (χ0) is 14.5. The summed E-state index contributed by atoms with van der Waals surface area (Å²) in [6, 6.07) is 6.96. The second-order valence-corrected chi connectivity index (χ2v) is 4.58. The highest BCUT2D eigenvalue weighted by atomic mass is 35.5. The average Bonchev–Trinajstić information content (AvgIpc) is 2.91. The number of hydrogen-bond donors (Lipinski definition) is 1. The summed E-state index contributed by atoms with van der Waals surface area (Å²) >= 11 is 5.79. The van der Waals surface area contributed by atoms with Gasteiger partial charge in [0, 0.05) is 0 Å². The van der Waals surface area contributed by atoms with Crippen LogP contribution in [0.3, 0.4) is 0 Å². The van der Waals surface area contributed by atoms with E-state index < -0.39 is 5.82 Å². The molecule has 0 spiro atoms. The van der Waals surface area contributed by atoms with E-state index in [0.29, 0.717) is 5.76 Å². The van der Waals surface area contributed by atoms with Gasteiger partial charge in [-0.15, -0.1) is 0 Å². The lowest BCUT2D eigenvalue weighted by atomic mass is 10.2. The van der Waals surface area contributed by atoms with Gasteiger partial charge in [0.25, 0.3) is 5.91 Å². The molecule has 0 aliphatic rings. The molecule has 0 saturated carbocycles. The molecule has 20 heavy (non-hydrogen) atoms. The molecular formula is C14H13ClFNO3.